The highest BCUT2D eigenvalue weighted by Gasteiger charge is 2.09. The summed E-state index contributed by atoms with van der Waals surface area (Å²) >= 11 is 0. The number of nitrogens with one attached hydrogen (secondary N) is 2. The molecule has 1 aromatic rings. The summed E-state index contributed by atoms with van der Waals surface area (Å²) < 4.78 is 4.97. The van der Waals surface area contributed by atoms with E-state index in [-0.39, 0.29) is 11.9 Å². The zero-order valence-electron chi connectivity index (χ0n) is 11.9. The number of pyridine rings is 1. The summed E-state index contributed by atoms with van der Waals surface area (Å²) in [6, 6.07) is 3.67. The Hall–Kier alpha value is -1.62. The molecule has 0 radical (unpaired) electrons. The fourth-order valence-electron chi connectivity index (χ4n) is 1.51. The van der Waals surface area contributed by atoms with Gasteiger partial charge in [0.1, 0.15) is 5.82 Å². The SMILES string of the molecule is CCC(C)NC(=O)c1ccnc(NCCCOC)c1. The molecule has 0 aliphatic carbocycles. The third kappa shape index (κ3) is 5.70. The van der Waals surface area contributed by atoms with E-state index in [0.717, 1.165) is 19.4 Å². The van der Waals surface area contributed by atoms with Crippen molar-refractivity contribution in [1.29, 1.82) is 0 Å². The van der Waals surface area contributed by atoms with Crippen molar-refractivity contribution in [1.82, 2.24) is 10.3 Å². The highest BCUT2D eigenvalue weighted by Crippen LogP contribution is 2.07. The summed E-state index contributed by atoms with van der Waals surface area (Å²) in [5.74, 6) is 0.657. The molecule has 5 heteroatoms. The van der Waals surface area contributed by atoms with Gasteiger partial charge in [-0.2, -0.15) is 0 Å². The van der Waals surface area contributed by atoms with Gasteiger partial charge in [0.2, 0.25) is 0 Å². The molecule has 1 atom stereocenters. The van der Waals surface area contributed by atoms with E-state index < -0.39 is 0 Å². The van der Waals surface area contributed by atoms with Crippen LogP contribution in [-0.2, 0) is 4.74 Å². The van der Waals surface area contributed by atoms with Gasteiger partial charge in [-0.15, -0.1) is 0 Å². The van der Waals surface area contributed by atoms with E-state index in [1.807, 2.05) is 13.8 Å². The van der Waals surface area contributed by atoms with Crippen LogP contribution in [0.25, 0.3) is 0 Å². The van der Waals surface area contributed by atoms with Gasteiger partial charge in [-0.05, 0) is 31.9 Å². The second kappa shape index (κ2) is 8.48. The molecule has 1 amide bonds. The number of rotatable bonds is 8. The van der Waals surface area contributed by atoms with Gasteiger partial charge in [0.25, 0.3) is 5.91 Å². The van der Waals surface area contributed by atoms with Gasteiger partial charge >= 0.3 is 0 Å². The first-order chi connectivity index (χ1) is 9.17. The Bertz CT molecular complexity index is 396. The fourth-order valence-corrected chi connectivity index (χ4v) is 1.51. The molecule has 0 aromatic carbocycles. The monoisotopic (exact) mass is 265 g/mol. The first-order valence-corrected chi connectivity index (χ1v) is 6.67. The van der Waals surface area contributed by atoms with Crippen LogP contribution in [0.4, 0.5) is 5.82 Å². The summed E-state index contributed by atoms with van der Waals surface area (Å²) in [5, 5.41) is 6.11. The van der Waals surface area contributed by atoms with Crippen LogP contribution in [-0.4, -0.2) is 37.2 Å². The number of anilines is 1. The number of amides is 1. The van der Waals surface area contributed by atoms with Gasteiger partial charge in [0, 0.05) is 38.1 Å². The Labute approximate surface area is 114 Å². The average molecular weight is 265 g/mol. The van der Waals surface area contributed by atoms with Crippen molar-refractivity contribution in [3.63, 3.8) is 0 Å². The van der Waals surface area contributed by atoms with Gasteiger partial charge in [0.05, 0.1) is 0 Å². The minimum atomic E-state index is -0.0586. The molecular formula is C14H23N3O2. The molecule has 1 rings (SSSR count). The summed E-state index contributed by atoms with van der Waals surface area (Å²) in [7, 11) is 1.68. The van der Waals surface area contributed by atoms with E-state index >= 15 is 0 Å². The number of hydrogen-bond acceptors (Lipinski definition) is 4. The maximum atomic E-state index is 12.0. The molecule has 0 spiro atoms. The minimum absolute atomic E-state index is 0.0586. The predicted molar refractivity (Wildman–Crippen MR) is 76.4 cm³/mol. The molecule has 1 heterocycles. The molecule has 5 nitrogen and oxygen atoms in total. The molecular weight excluding hydrogens is 242 g/mol. The Morgan fingerprint density at radius 2 is 2.32 bits per heavy atom. The summed E-state index contributed by atoms with van der Waals surface area (Å²) in [5.41, 5.74) is 0.629. The van der Waals surface area contributed by atoms with Crippen LogP contribution in [0.3, 0.4) is 0 Å². The van der Waals surface area contributed by atoms with Crippen molar-refractivity contribution in [3.8, 4) is 0 Å². The average Bonchev–Trinajstić information content (AvgIpc) is 2.43. The normalized spacial score (nSPS) is 11.9. The van der Waals surface area contributed by atoms with Crippen molar-refractivity contribution in [2.45, 2.75) is 32.7 Å². The number of carbonyl (C=O) groups excluding carboxylic acids is 1. The van der Waals surface area contributed by atoms with Gasteiger partial charge in [-0.25, -0.2) is 4.98 Å². The molecule has 2 N–H and O–H groups in total. The standard InChI is InChI=1S/C14H23N3O2/c1-4-11(2)17-14(18)12-6-8-16-13(10-12)15-7-5-9-19-3/h6,8,10-11H,4-5,7,9H2,1-3H3,(H,15,16)(H,17,18). The van der Waals surface area contributed by atoms with Crippen LogP contribution >= 0.6 is 0 Å². The minimum Gasteiger partial charge on any atom is -0.385 e. The summed E-state index contributed by atoms with van der Waals surface area (Å²) in [4.78, 5) is 16.1. The van der Waals surface area contributed by atoms with Crippen molar-refractivity contribution < 1.29 is 9.53 Å². The fraction of sp³-hybridized carbons (Fsp3) is 0.571. The van der Waals surface area contributed by atoms with Crippen LogP contribution in [0, 0.1) is 0 Å². The van der Waals surface area contributed by atoms with E-state index in [4.69, 9.17) is 4.74 Å². The van der Waals surface area contributed by atoms with E-state index in [9.17, 15) is 4.79 Å². The number of ether oxygens (including phenoxy) is 1. The smallest absolute Gasteiger partial charge is 0.251 e. The van der Waals surface area contributed by atoms with Crippen molar-refractivity contribution in [2.75, 3.05) is 25.6 Å². The van der Waals surface area contributed by atoms with E-state index in [1.54, 1.807) is 25.4 Å². The molecule has 1 unspecified atom stereocenters. The highest BCUT2D eigenvalue weighted by atomic mass is 16.5. The number of carbonyl (C=O) groups is 1. The lowest BCUT2D eigenvalue weighted by molar-refractivity contribution is 0.0939. The Morgan fingerprint density at radius 1 is 1.53 bits per heavy atom. The number of nitrogens with zero attached hydrogens (tertiary/aromatic N) is 1. The number of hydrogen-bond donors (Lipinski definition) is 2. The molecule has 0 fully saturated rings. The Morgan fingerprint density at radius 3 is 3.00 bits per heavy atom. The molecule has 0 saturated heterocycles. The van der Waals surface area contributed by atoms with E-state index in [1.165, 1.54) is 0 Å². The summed E-state index contributed by atoms with van der Waals surface area (Å²) in [6.07, 6.45) is 3.46. The maximum absolute atomic E-state index is 12.0. The van der Waals surface area contributed by atoms with Crippen LogP contribution in [0.15, 0.2) is 18.3 Å². The van der Waals surface area contributed by atoms with Gasteiger partial charge in [0.15, 0.2) is 0 Å². The van der Waals surface area contributed by atoms with Crippen molar-refractivity contribution >= 4 is 11.7 Å². The second-order valence-corrected chi connectivity index (χ2v) is 4.49. The third-order valence-corrected chi connectivity index (χ3v) is 2.84. The molecule has 0 bridgehead atoms. The molecule has 0 saturated carbocycles. The van der Waals surface area contributed by atoms with E-state index in [2.05, 4.69) is 15.6 Å². The Balaban J connectivity index is 2.53. The predicted octanol–water partition coefficient (Wildman–Crippen LogP) is 2.06. The maximum Gasteiger partial charge on any atom is 0.251 e. The van der Waals surface area contributed by atoms with Crippen LogP contribution in [0.5, 0.6) is 0 Å². The lowest BCUT2D eigenvalue weighted by Gasteiger charge is -2.12. The van der Waals surface area contributed by atoms with Crippen molar-refractivity contribution in [3.05, 3.63) is 23.9 Å². The molecule has 1 aromatic heterocycles. The van der Waals surface area contributed by atoms with Gasteiger partial charge in [-0.3, -0.25) is 4.79 Å². The van der Waals surface area contributed by atoms with Crippen LogP contribution < -0.4 is 10.6 Å². The van der Waals surface area contributed by atoms with Crippen LogP contribution in [0.1, 0.15) is 37.0 Å². The zero-order chi connectivity index (χ0) is 14.1. The molecule has 0 aliphatic rings. The third-order valence-electron chi connectivity index (χ3n) is 2.84. The highest BCUT2D eigenvalue weighted by molar-refractivity contribution is 5.94. The van der Waals surface area contributed by atoms with Crippen molar-refractivity contribution in [2.24, 2.45) is 0 Å². The van der Waals surface area contributed by atoms with E-state index in [0.29, 0.717) is 18.0 Å². The first kappa shape index (κ1) is 15.4. The quantitative estimate of drug-likeness (QED) is 0.706. The Kier molecular flexibility index (Phi) is 6.89. The number of aromatic nitrogens is 1. The van der Waals surface area contributed by atoms with Gasteiger partial charge < -0.3 is 15.4 Å². The number of methoxy groups -OCH3 is 1. The zero-order valence-corrected chi connectivity index (χ0v) is 11.9. The molecule has 106 valence electrons. The second-order valence-electron chi connectivity index (χ2n) is 4.49. The topological polar surface area (TPSA) is 63.2 Å². The van der Waals surface area contributed by atoms with Crippen LogP contribution in [0.2, 0.25) is 0 Å². The first-order valence-electron chi connectivity index (χ1n) is 6.67. The summed E-state index contributed by atoms with van der Waals surface area (Å²) in [6.45, 7) is 5.52. The lowest BCUT2D eigenvalue weighted by atomic mass is 10.2. The van der Waals surface area contributed by atoms with Gasteiger partial charge in [-0.1, -0.05) is 6.92 Å². The molecule has 19 heavy (non-hydrogen) atoms. The largest absolute Gasteiger partial charge is 0.385 e. The lowest BCUT2D eigenvalue weighted by Crippen LogP contribution is -2.31. The molecule has 0 aliphatic heterocycles.